The van der Waals surface area contributed by atoms with Crippen LogP contribution in [-0.4, -0.2) is 51.4 Å². The van der Waals surface area contributed by atoms with Crippen LogP contribution in [0.5, 0.6) is 0 Å². The number of esters is 1. The van der Waals surface area contributed by atoms with Crippen molar-refractivity contribution in [1.29, 1.82) is 5.26 Å². The SMILES string of the molecule is COC(=O)C1=C(C)N(c2cccc(C(F)(F)F)c2)c2n[nH]c(=O)n2C1c1ccc(C#N)cc1C[N+](C)(C)Cc1cscn1. The number of quaternary nitrogens is 1. The number of aromatic nitrogens is 4. The summed E-state index contributed by atoms with van der Waals surface area (Å²) in [6, 6.07) is 10.6. The zero-order valence-corrected chi connectivity index (χ0v) is 24.5. The third-order valence-corrected chi connectivity index (χ3v) is 7.85. The van der Waals surface area contributed by atoms with Crippen molar-refractivity contribution in [3.8, 4) is 6.07 Å². The quantitative estimate of drug-likeness (QED) is 0.234. The zero-order valence-electron chi connectivity index (χ0n) is 23.6. The van der Waals surface area contributed by atoms with Crippen LogP contribution in [0.1, 0.15) is 40.9 Å². The van der Waals surface area contributed by atoms with E-state index < -0.39 is 29.4 Å². The molecular formula is C29H27F3N7O3S+. The Kier molecular flexibility index (Phi) is 7.72. The van der Waals surface area contributed by atoms with Gasteiger partial charge in [-0.1, -0.05) is 12.1 Å². The number of carbonyl (C=O) groups excluding carboxylic acids is 1. The molecule has 1 aliphatic heterocycles. The van der Waals surface area contributed by atoms with E-state index in [0.29, 0.717) is 34.3 Å². The summed E-state index contributed by atoms with van der Waals surface area (Å²) < 4.78 is 47.7. The number of nitriles is 1. The predicted molar refractivity (Wildman–Crippen MR) is 152 cm³/mol. The molecule has 1 atom stereocenters. The van der Waals surface area contributed by atoms with Crippen molar-refractivity contribution in [3.63, 3.8) is 0 Å². The molecule has 222 valence electrons. The van der Waals surface area contributed by atoms with Crippen molar-refractivity contribution < 1.29 is 27.2 Å². The molecule has 0 radical (unpaired) electrons. The molecule has 0 saturated heterocycles. The lowest BCUT2D eigenvalue weighted by Gasteiger charge is -2.37. The van der Waals surface area contributed by atoms with E-state index in [9.17, 15) is 28.0 Å². The maximum atomic E-state index is 13.6. The molecular weight excluding hydrogens is 583 g/mol. The summed E-state index contributed by atoms with van der Waals surface area (Å²) in [7, 11) is 5.18. The van der Waals surface area contributed by atoms with Crippen LogP contribution in [-0.2, 0) is 28.8 Å². The highest BCUT2D eigenvalue weighted by Gasteiger charge is 2.41. The third-order valence-electron chi connectivity index (χ3n) is 7.22. The number of allylic oxidation sites excluding steroid dienone is 1. The van der Waals surface area contributed by atoms with E-state index in [-0.39, 0.29) is 22.9 Å². The number of thiazole rings is 1. The highest BCUT2D eigenvalue weighted by Crippen LogP contribution is 2.44. The molecule has 0 spiro atoms. The highest BCUT2D eigenvalue weighted by molar-refractivity contribution is 7.07. The van der Waals surface area contributed by atoms with Gasteiger partial charge < -0.3 is 9.22 Å². The van der Waals surface area contributed by atoms with Crippen LogP contribution in [0.2, 0.25) is 0 Å². The first-order chi connectivity index (χ1) is 20.3. The average molecular weight is 611 g/mol. The average Bonchev–Trinajstić information content (AvgIpc) is 3.60. The number of methoxy groups -OCH3 is 1. The molecule has 1 N–H and O–H groups in total. The fourth-order valence-corrected chi connectivity index (χ4v) is 5.98. The van der Waals surface area contributed by atoms with E-state index in [2.05, 4.69) is 21.3 Å². The molecule has 5 rings (SSSR count). The van der Waals surface area contributed by atoms with E-state index in [4.69, 9.17) is 4.74 Å². The predicted octanol–water partition coefficient (Wildman–Crippen LogP) is 4.88. The van der Waals surface area contributed by atoms with Crippen molar-refractivity contribution in [2.45, 2.75) is 32.2 Å². The number of hydrogen-bond acceptors (Lipinski definition) is 8. The van der Waals surface area contributed by atoms with Gasteiger partial charge in [0.1, 0.15) is 24.8 Å². The van der Waals surface area contributed by atoms with Gasteiger partial charge in [0, 0.05) is 22.3 Å². The second-order valence-corrected chi connectivity index (χ2v) is 11.5. The zero-order chi connectivity index (χ0) is 31.1. The molecule has 0 saturated carbocycles. The molecule has 4 aromatic rings. The largest absolute Gasteiger partial charge is 0.466 e. The topological polar surface area (TPSA) is 117 Å². The normalized spacial score (nSPS) is 15.3. The van der Waals surface area contributed by atoms with Crippen LogP contribution in [0.3, 0.4) is 0 Å². The van der Waals surface area contributed by atoms with Crippen LogP contribution < -0.4 is 10.6 Å². The lowest BCUT2D eigenvalue weighted by atomic mass is 9.89. The number of H-pyrrole nitrogens is 1. The van der Waals surface area contributed by atoms with Gasteiger partial charge in [-0.3, -0.25) is 4.90 Å². The molecule has 0 fully saturated rings. The van der Waals surface area contributed by atoms with Crippen LogP contribution >= 0.6 is 11.3 Å². The van der Waals surface area contributed by atoms with Crippen molar-refractivity contribution in [1.82, 2.24) is 19.7 Å². The van der Waals surface area contributed by atoms with E-state index in [0.717, 1.165) is 17.8 Å². The number of nitrogens with one attached hydrogen (secondary N) is 1. The Morgan fingerprint density at radius 1 is 1.21 bits per heavy atom. The fraction of sp³-hybridized carbons (Fsp3) is 0.276. The van der Waals surface area contributed by atoms with Gasteiger partial charge in [-0.15, -0.1) is 16.4 Å². The Morgan fingerprint density at radius 3 is 2.63 bits per heavy atom. The summed E-state index contributed by atoms with van der Waals surface area (Å²) in [4.78, 5) is 32.5. The number of hydrogen-bond donors (Lipinski definition) is 1. The van der Waals surface area contributed by atoms with Crippen molar-refractivity contribution in [2.24, 2.45) is 0 Å². The minimum Gasteiger partial charge on any atom is -0.466 e. The molecule has 0 amide bonds. The summed E-state index contributed by atoms with van der Waals surface area (Å²) in [6.45, 7) is 2.53. The molecule has 2 aromatic carbocycles. The van der Waals surface area contributed by atoms with Crippen LogP contribution in [0.25, 0.3) is 0 Å². The summed E-state index contributed by atoms with van der Waals surface area (Å²) in [5.74, 6) is -0.782. The monoisotopic (exact) mass is 610 g/mol. The third kappa shape index (κ3) is 5.69. The molecule has 43 heavy (non-hydrogen) atoms. The van der Waals surface area contributed by atoms with Crippen LogP contribution in [0, 0.1) is 11.3 Å². The van der Waals surface area contributed by atoms with Crippen molar-refractivity contribution >= 4 is 28.9 Å². The molecule has 10 nitrogen and oxygen atoms in total. The lowest BCUT2D eigenvalue weighted by Crippen LogP contribution is -2.40. The number of carbonyl (C=O) groups is 1. The standard InChI is InChI=1S/C29H26F3N7O3S/c1-17-24(26(40)42-4)25(23-9-8-18(12-33)10-19(23)13-39(2,3)14-21-15-43-16-34-21)38-27(35-36-28(38)41)37(17)22-7-5-6-20(11-22)29(30,31)32/h5-11,15-16,25H,13-14H2,1-4H3/p+1. The Balaban J connectivity index is 1.72. The number of fused-ring (bicyclic) bond motifs is 1. The first-order valence-electron chi connectivity index (χ1n) is 13.0. The van der Waals surface area contributed by atoms with E-state index in [1.807, 2.05) is 19.5 Å². The first kappa shape index (κ1) is 29.7. The maximum absolute atomic E-state index is 13.6. The number of alkyl halides is 3. The molecule has 0 bridgehead atoms. The Morgan fingerprint density at radius 2 is 1.98 bits per heavy atom. The van der Waals surface area contributed by atoms with Gasteiger partial charge in [0.2, 0.25) is 5.95 Å². The first-order valence-corrected chi connectivity index (χ1v) is 13.9. The summed E-state index contributed by atoms with van der Waals surface area (Å²) in [5, 5.41) is 18.2. The minimum absolute atomic E-state index is 0.00832. The second kappa shape index (κ2) is 11.2. The van der Waals surface area contributed by atoms with Gasteiger partial charge in [-0.2, -0.15) is 18.4 Å². The Labute approximate surface area is 248 Å². The minimum atomic E-state index is -4.62. The second-order valence-electron chi connectivity index (χ2n) is 10.7. The van der Waals surface area contributed by atoms with E-state index in [1.165, 1.54) is 40.0 Å². The maximum Gasteiger partial charge on any atom is 0.416 e. The number of benzene rings is 2. The highest BCUT2D eigenvalue weighted by atomic mass is 32.1. The molecule has 3 heterocycles. The van der Waals surface area contributed by atoms with E-state index >= 15 is 0 Å². The Hall–Kier alpha value is -4.74. The van der Waals surface area contributed by atoms with Crippen LogP contribution in [0.4, 0.5) is 24.8 Å². The molecule has 1 unspecified atom stereocenters. The Bertz CT molecular complexity index is 1820. The number of ether oxygens (including phenoxy) is 1. The molecule has 14 heteroatoms. The number of nitrogens with zero attached hydrogens (tertiary/aromatic N) is 6. The van der Waals surface area contributed by atoms with Gasteiger partial charge >= 0.3 is 17.8 Å². The van der Waals surface area contributed by atoms with Gasteiger partial charge in [-0.25, -0.2) is 24.2 Å². The number of anilines is 2. The smallest absolute Gasteiger partial charge is 0.416 e. The number of rotatable bonds is 7. The number of halogens is 3. The van der Waals surface area contributed by atoms with Crippen molar-refractivity contribution in [3.05, 3.63) is 103 Å². The molecule has 0 aliphatic carbocycles. The van der Waals surface area contributed by atoms with Gasteiger partial charge in [0.05, 0.1) is 49.5 Å². The van der Waals surface area contributed by atoms with E-state index in [1.54, 1.807) is 30.6 Å². The number of aromatic amines is 1. The molecule has 1 aliphatic rings. The summed E-state index contributed by atoms with van der Waals surface area (Å²) in [6.07, 6.45) is -4.62. The molecule has 2 aromatic heterocycles. The summed E-state index contributed by atoms with van der Waals surface area (Å²) >= 11 is 1.48. The van der Waals surface area contributed by atoms with Gasteiger partial charge in [-0.05, 0) is 42.8 Å². The fourth-order valence-electron chi connectivity index (χ4n) is 5.43. The van der Waals surface area contributed by atoms with Crippen LogP contribution in [0.15, 0.2) is 69.4 Å². The summed E-state index contributed by atoms with van der Waals surface area (Å²) in [5.41, 5.74) is 2.97. The van der Waals surface area contributed by atoms with Gasteiger partial charge in [0.25, 0.3) is 0 Å². The lowest BCUT2D eigenvalue weighted by molar-refractivity contribution is -0.917. The van der Waals surface area contributed by atoms with Crippen molar-refractivity contribution in [2.75, 3.05) is 26.1 Å². The van der Waals surface area contributed by atoms with Gasteiger partial charge in [0.15, 0.2) is 0 Å².